The minimum Gasteiger partial charge on any atom is -0.493 e. The average molecular weight is 285 g/mol. The number of ether oxygens (including phenoxy) is 3. The summed E-state index contributed by atoms with van der Waals surface area (Å²) in [5, 5.41) is -0.139. The SMILES string of the molecule is COc1cc(C)c(C(Cl)C2CCCCO2)cc1OC. The zero-order valence-corrected chi connectivity index (χ0v) is 12.5. The van der Waals surface area contributed by atoms with Gasteiger partial charge in [-0.05, 0) is 49.4 Å². The van der Waals surface area contributed by atoms with E-state index in [9.17, 15) is 0 Å². The van der Waals surface area contributed by atoms with Gasteiger partial charge >= 0.3 is 0 Å². The summed E-state index contributed by atoms with van der Waals surface area (Å²) in [6, 6.07) is 3.93. The maximum absolute atomic E-state index is 6.59. The van der Waals surface area contributed by atoms with Gasteiger partial charge in [-0.25, -0.2) is 0 Å². The molecule has 1 heterocycles. The summed E-state index contributed by atoms with van der Waals surface area (Å²) in [6.07, 6.45) is 3.42. The maximum atomic E-state index is 6.59. The summed E-state index contributed by atoms with van der Waals surface area (Å²) in [5.74, 6) is 1.45. The van der Waals surface area contributed by atoms with Crippen LogP contribution in [0.4, 0.5) is 0 Å². The van der Waals surface area contributed by atoms with E-state index in [1.165, 1.54) is 6.42 Å². The van der Waals surface area contributed by atoms with Crippen LogP contribution in [0, 0.1) is 6.92 Å². The van der Waals surface area contributed by atoms with Gasteiger partial charge in [0, 0.05) is 6.61 Å². The van der Waals surface area contributed by atoms with E-state index in [1.807, 2.05) is 19.1 Å². The molecule has 1 fully saturated rings. The van der Waals surface area contributed by atoms with Crippen LogP contribution in [0.2, 0.25) is 0 Å². The second-order valence-electron chi connectivity index (χ2n) is 4.87. The molecule has 2 rings (SSSR count). The molecule has 1 aromatic carbocycles. The number of hydrogen-bond acceptors (Lipinski definition) is 3. The summed E-state index contributed by atoms with van der Waals surface area (Å²) < 4.78 is 16.4. The highest BCUT2D eigenvalue weighted by atomic mass is 35.5. The molecule has 0 saturated carbocycles. The van der Waals surface area contributed by atoms with E-state index in [0.29, 0.717) is 5.75 Å². The number of halogens is 1. The molecule has 2 unspecified atom stereocenters. The quantitative estimate of drug-likeness (QED) is 0.786. The van der Waals surface area contributed by atoms with Crippen LogP contribution in [-0.2, 0) is 4.74 Å². The number of aryl methyl sites for hydroxylation is 1. The van der Waals surface area contributed by atoms with E-state index in [1.54, 1.807) is 14.2 Å². The average Bonchev–Trinajstić information content (AvgIpc) is 2.47. The summed E-state index contributed by atoms with van der Waals surface area (Å²) in [4.78, 5) is 0. The van der Waals surface area contributed by atoms with Crippen molar-refractivity contribution in [2.75, 3.05) is 20.8 Å². The van der Waals surface area contributed by atoms with E-state index in [4.69, 9.17) is 25.8 Å². The van der Waals surface area contributed by atoms with Gasteiger partial charge in [0.15, 0.2) is 11.5 Å². The lowest BCUT2D eigenvalue weighted by Gasteiger charge is -2.28. The van der Waals surface area contributed by atoms with Crippen LogP contribution in [0.5, 0.6) is 11.5 Å². The number of hydrogen-bond donors (Lipinski definition) is 0. The molecule has 0 aliphatic carbocycles. The predicted octanol–water partition coefficient (Wildman–Crippen LogP) is 3.86. The molecule has 0 spiro atoms. The van der Waals surface area contributed by atoms with Crippen molar-refractivity contribution in [1.82, 2.24) is 0 Å². The normalized spacial score (nSPS) is 20.9. The van der Waals surface area contributed by atoms with E-state index in [-0.39, 0.29) is 11.5 Å². The summed E-state index contributed by atoms with van der Waals surface area (Å²) >= 11 is 6.59. The molecule has 1 saturated heterocycles. The van der Waals surface area contributed by atoms with E-state index in [2.05, 4.69) is 0 Å². The number of benzene rings is 1. The first-order chi connectivity index (χ1) is 9.17. The predicted molar refractivity (Wildman–Crippen MR) is 76.5 cm³/mol. The molecule has 0 N–H and O–H groups in total. The number of rotatable bonds is 4. The Bertz CT molecular complexity index is 428. The van der Waals surface area contributed by atoms with Crippen molar-refractivity contribution in [3.05, 3.63) is 23.3 Å². The van der Waals surface area contributed by atoms with Crippen LogP contribution in [0.3, 0.4) is 0 Å². The van der Waals surface area contributed by atoms with Crippen molar-refractivity contribution < 1.29 is 14.2 Å². The van der Waals surface area contributed by atoms with E-state index < -0.39 is 0 Å². The van der Waals surface area contributed by atoms with Gasteiger partial charge in [-0.15, -0.1) is 11.6 Å². The molecule has 0 bridgehead atoms. The monoisotopic (exact) mass is 284 g/mol. The minimum atomic E-state index is -0.139. The van der Waals surface area contributed by atoms with E-state index >= 15 is 0 Å². The van der Waals surface area contributed by atoms with Crippen LogP contribution < -0.4 is 9.47 Å². The van der Waals surface area contributed by atoms with Gasteiger partial charge < -0.3 is 14.2 Å². The molecule has 106 valence electrons. The zero-order valence-electron chi connectivity index (χ0n) is 11.7. The molecular weight excluding hydrogens is 264 g/mol. The summed E-state index contributed by atoms with van der Waals surface area (Å²) in [6.45, 7) is 2.84. The summed E-state index contributed by atoms with van der Waals surface area (Å²) in [5.41, 5.74) is 2.16. The Morgan fingerprint density at radius 2 is 1.89 bits per heavy atom. The van der Waals surface area contributed by atoms with Gasteiger partial charge in [0.1, 0.15) is 0 Å². The third-order valence-corrected chi connectivity index (χ3v) is 4.13. The van der Waals surface area contributed by atoms with Crippen molar-refractivity contribution in [2.45, 2.75) is 37.7 Å². The largest absolute Gasteiger partial charge is 0.493 e. The van der Waals surface area contributed by atoms with Gasteiger partial charge in [0.25, 0.3) is 0 Å². The molecule has 1 aliphatic rings. The topological polar surface area (TPSA) is 27.7 Å². The molecule has 0 radical (unpaired) electrons. The molecule has 4 heteroatoms. The first-order valence-corrected chi connectivity index (χ1v) is 7.09. The van der Waals surface area contributed by atoms with Crippen molar-refractivity contribution in [3.8, 4) is 11.5 Å². The van der Waals surface area contributed by atoms with Gasteiger partial charge in [-0.2, -0.15) is 0 Å². The fourth-order valence-electron chi connectivity index (χ4n) is 2.49. The summed E-state index contributed by atoms with van der Waals surface area (Å²) in [7, 11) is 3.27. The maximum Gasteiger partial charge on any atom is 0.161 e. The standard InChI is InChI=1S/C15H21ClO3/c1-10-8-13(17-2)14(18-3)9-11(10)15(16)12-6-4-5-7-19-12/h8-9,12,15H,4-7H2,1-3H3. The third-order valence-electron chi connectivity index (χ3n) is 3.61. The number of methoxy groups -OCH3 is 2. The third kappa shape index (κ3) is 3.15. The van der Waals surface area contributed by atoms with Crippen molar-refractivity contribution >= 4 is 11.6 Å². The Morgan fingerprint density at radius 3 is 2.47 bits per heavy atom. The molecular formula is C15H21ClO3. The van der Waals surface area contributed by atoms with Crippen molar-refractivity contribution in [2.24, 2.45) is 0 Å². The van der Waals surface area contributed by atoms with Crippen LogP contribution >= 0.6 is 11.6 Å². The Kier molecular flexibility index (Phi) is 4.94. The molecule has 19 heavy (non-hydrogen) atoms. The fourth-order valence-corrected chi connectivity index (χ4v) is 2.92. The highest BCUT2D eigenvalue weighted by Crippen LogP contribution is 2.38. The lowest BCUT2D eigenvalue weighted by Crippen LogP contribution is -2.24. The fraction of sp³-hybridized carbons (Fsp3) is 0.600. The van der Waals surface area contributed by atoms with Gasteiger partial charge in [-0.1, -0.05) is 0 Å². The lowest BCUT2D eigenvalue weighted by molar-refractivity contribution is 0.0134. The second-order valence-corrected chi connectivity index (χ2v) is 5.34. The van der Waals surface area contributed by atoms with Gasteiger partial charge in [-0.3, -0.25) is 0 Å². The number of alkyl halides is 1. The molecule has 1 aromatic rings. The Hall–Kier alpha value is -0.930. The zero-order chi connectivity index (χ0) is 13.8. The highest BCUT2D eigenvalue weighted by molar-refractivity contribution is 6.21. The van der Waals surface area contributed by atoms with Crippen molar-refractivity contribution in [1.29, 1.82) is 0 Å². The van der Waals surface area contributed by atoms with E-state index in [0.717, 1.165) is 36.3 Å². The Morgan fingerprint density at radius 1 is 1.21 bits per heavy atom. The van der Waals surface area contributed by atoms with Gasteiger partial charge in [0.05, 0.1) is 25.7 Å². The van der Waals surface area contributed by atoms with Crippen LogP contribution in [0.25, 0.3) is 0 Å². The smallest absolute Gasteiger partial charge is 0.161 e. The molecule has 0 aromatic heterocycles. The minimum absolute atomic E-state index is 0.0900. The lowest BCUT2D eigenvalue weighted by atomic mass is 9.97. The van der Waals surface area contributed by atoms with Crippen LogP contribution in [0.15, 0.2) is 12.1 Å². The Labute approximate surface area is 119 Å². The molecule has 1 aliphatic heterocycles. The molecule has 3 nitrogen and oxygen atoms in total. The van der Waals surface area contributed by atoms with Crippen LogP contribution in [0.1, 0.15) is 35.8 Å². The Balaban J connectivity index is 2.27. The van der Waals surface area contributed by atoms with Crippen molar-refractivity contribution in [3.63, 3.8) is 0 Å². The molecule has 2 atom stereocenters. The first kappa shape index (κ1) is 14.5. The highest BCUT2D eigenvalue weighted by Gasteiger charge is 2.26. The first-order valence-electron chi connectivity index (χ1n) is 6.65. The van der Waals surface area contributed by atoms with Gasteiger partial charge in [0.2, 0.25) is 0 Å². The van der Waals surface area contributed by atoms with Crippen LogP contribution in [-0.4, -0.2) is 26.9 Å². The molecule has 0 amide bonds. The second kappa shape index (κ2) is 6.49.